The van der Waals surface area contributed by atoms with Crippen molar-refractivity contribution in [2.24, 2.45) is 0 Å². The number of nitrogens with zero attached hydrogens (tertiary/aromatic N) is 3. The minimum absolute atomic E-state index is 0.0652. The molecule has 1 N–H and O–H groups in total. The molecule has 0 spiro atoms. The van der Waals surface area contributed by atoms with Crippen LogP contribution in [0.3, 0.4) is 0 Å². The van der Waals surface area contributed by atoms with Gasteiger partial charge in [-0.15, -0.1) is 0 Å². The molecule has 142 valence electrons. The van der Waals surface area contributed by atoms with E-state index in [2.05, 4.69) is 23.3 Å². The molecule has 1 atom stereocenters. The Kier molecular flexibility index (Phi) is 6.23. The fraction of sp³-hybridized carbons (Fsp3) is 0.261. The molecule has 28 heavy (non-hydrogen) atoms. The van der Waals surface area contributed by atoms with Crippen LogP contribution in [-0.2, 0) is 0 Å². The third kappa shape index (κ3) is 4.47. The van der Waals surface area contributed by atoms with Crippen LogP contribution in [0, 0.1) is 18.3 Å². The highest BCUT2D eigenvalue weighted by Gasteiger charge is 2.13. The van der Waals surface area contributed by atoms with E-state index in [1.165, 1.54) is 0 Å². The molecular weight excluding hydrogens is 348 g/mol. The Bertz CT molecular complexity index is 994. The first-order valence-corrected chi connectivity index (χ1v) is 9.38. The van der Waals surface area contributed by atoms with E-state index in [-0.39, 0.29) is 6.04 Å². The predicted octanol–water partition coefficient (Wildman–Crippen LogP) is 5.29. The molecular formula is C23H24N4O. The Morgan fingerprint density at radius 2 is 2.04 bits per heavy atom. The van der Waals surface area contributed by atoms with Gasteiger partial charge in [0.15, 0.2) is 0 Å². The summed E-state index contributed by atoms with van der Waals surface area (Å²) in [5, 5.41) is 12.7. The summed E-state index contributed by atoms with van der Waals surface area (Å²) in [4.78, 5) is 9.11. The monoisotopic (exact) mass is 372 g/mol. The lowest BCUT2D eigenvalue weighted by Gasteiger charge is -2.19. The van der Waals surface area contributed by atoms with E-state index in [9.17, 15) is 5.26 Å². The first-order valence-electron chi connectivity index (χ1n) is 9.38. The van der Waals surface area contributed by atoms with Crippen LogP contribution in [0.2, 0.25) is 0 Å². The zero-order chi connectivity index (χ0) is 19.9. The van der Waals surface area contributed by atoms with Crippen LogP contribution in [0.4, 0.5) is 5.82 Å². The largest absolute Gasteiger partial charge is 0.496 e. The summed E-state index contributed by atoms with van der Waals surface area (Å²) >= 11 is 0. The molecule has 2 aromatic carbocycles. The summed E-state index contributed by atoms with van der Waals surface area (Å²) in [5.74, 6) is 1.53. The molecule has 0 amide bonds. The minimum Gasteiger partial charge on any atom is -0.496 e. The Morgan fingerprint density at radius 1 is 1.18 bits per heavy atom. The van der Waals surface area contributed by atoms with Crippen molar-refractivity contribution >= 4 is 5.82 Å². The van der Waals surface area contributed by atoms with Gasteiger partial charge < -0.3 is 10.1 Å². The quantitative estimate of drug-likeness (QED) is 0.610. The second-order valence-electron chi connectivity index (χ2n) is 6.70. The zero-order valence-electron chi connectivity index (χ0n) is 16.4. The van der Waals surface area contributed by atoms with Crippen molar-refractivity contribution in [3.63, 3.8) is 0 Å². The fourth-order valence-corrected chi connectivity index (χ4v) is 3.17. The number of aromatic nitrogens is 2. The van der Waals surface area contributed by atoms with E-state index >= 15 is 0 Å². The molecule has 1 aromatic heterocycles. The number of benzene rings is 2. The van der Waals surface area contributed by atoms with Gasteiger partial charge in [0.2, 0.25) is 0 Å². The highest BCUT2D eigenvalue weighted by Crippen LogP contribution is 2.28. The summed E-state index contributed by atoms with van der Waals surface area (Å²) in [6.45, 7) is 4.15. The van der Waals surface area contributed by atoms with Crippen LogP contribution in [0.1, 0.15) is 42.5 Å². The molecule has 1 unspecified atom stereocenters. The van der Waals surface area contributed by atoms with Crippen LogP contribution in [0.15, 0.2) is 54.9 Å². The molecule has 3 aromatic rings. The number of nitriles is 1. The standard InChI is InChI=1S/C23H24N4O/c1-4-6-20(18-8-5-7-17(11-18)13-24)26-23-15-25-14-21(27-23)19-10-9-16(2)22(12-19)28-3/h5,7-12,14-15,20H,4,6H2,1-3H3,(H,26,27). The van der Waals surface area contributed by atoms with Gasteiger partial charge in [0, 0.05) is 5.56 Å². The van der Waals surface area contributed by atoms with Gasteiger partial charge in [-0.25, -0.2) is 4.98 Å². The maximum absolute atomic E-state index is 9.19. The van der Waals surface area contributed by atoms with Gasteiger partial charge >= 0.3 is 0 Å². The molecule has 1 heterocycles. The third-order valence-corrected chi connectivity index (χ3v) is 4.66. The lowest BCUT2D eigenvalue weighted by molar-refractivity contribution is 0.412. The van der Waals surface area contributed by atoms with E-state index in [4.69, 9.17) is 9.72 Å². The van der Waals surface area contributed by atoms with E-state index in [1.54, 1.807) is 19.5 Å². The normalized spacial score (nSPS) is 11.5. The van der Waals surface area contributed by atoms with Crippen molar-refractivity contribution in [1.82, 2.24) is 9.97 Å². The molecule has 0 aliphatic carbocycles. The summed E-state index contributed by atoms with van der Waals surface area (Å²) in [7, 11) is 1.67. The second-order valence-corrected chi connectivity index (χ2v) is 6.70. The van der Waals surface area contributed by atoms with Crippen LogP contribution >= 0.6 is 0 Å². The molecule has 0 aliphatic rings. The SMILES string of the molecule is CCCC(Nc1cncc(-c2ccc(C)c(OC)c2)n1)c1cccc(C#N)c1. The van der Waals surface area contributed by atoms with Crippen molar-refractivity contribution in [2.75, 3.05) is 12.4 Å². The summed E-state index contributed by atoms with van der Waals surface area (Å²) in [5.41, 5.74) is 4.55. The van der Waals surface area contributed by atoms with E-state index in [0.29, 0.717) is 11.4 Å². The fourth-order valence-electron chi connectivity index (χ4n) is 3.17. The first kappa shape index (κ1) is 19.4. The number of hydrogen-bond donors (Lipinski definition) is 1. The van der Waals surface area contributed by atoms with Crippen LogP contribution in [0.25, 0.3) is 11.3 Å². The number of methoxy groups -OCH3 is 1. The van der Waals surface area contributed by atoms with E-state index < -0.39 is 0 Å². The number of hydrogen-bond acceptors (Lipinski definition) is 5. The number of aryl methyl sites for hydroxylation is 1. The van der Waals surface area contributed by atoms with Crippen LogP contribution in [0.5, 0.6) is 5.75 Å². The van der Waals surface area contributed by atoms with Crippen molar-refractivity contribution < 1.29 is 4.74 Å². The van der Waals surface area contributed by atoms with Crippen molar-refractivity contribution in [2.45, 2.75) is 32.7 Å². The number of nitrogens with one attached hydrogen (secondary N) is 1. The number of rotatable bonds is 7. The molecule has 5 nitrogen and oxygen atoms in total. The Hall–Kier alpha value is -3.39. The van der Waals surface area contributed by atoms with E-state index in [0.717, 1.165) is 41.0 Å². The number of ether oxygens (including phenoxy) is 1. The molecule has 0 aliphatic heterocycles. The lowest BCUT2D eigenvalue weighted by Crippen LogP contribution is -2.12. The van der Waals surface area contributed by atoms with Crippen molar-refractivity contribution in [1.29, 1.82) is 5.26 Å². The average Bonchev–Trinajstić information content (AvgIpc) is 2.74. The lowest BCUT2D eigenvalue weighted by atomic mass is 10.0. The minimum atomic E-state index is 0.0652. The third-order valence-electron chi connectivity index (χ3n) is 4.66. The van der Waals surface area contributed by atoms with Gasteiger partial charge in [-0.3, -0.25) is 4.98 Å². The molecule has 0 fully saturated rings. The van der Waals surface area contributed by atoms with Crippen molar-refractivity contribution in [3.05, 3.63) is 71.5 Å². The number of anilines is 1. The topological polar surface area (TPSA) is 70.8 Å². The Morgan fingerprint density at radius 3 is 2.79 bits per heavy atom. The molecule has 0 saturated carbocycles. The smallest absolute Gasteiger partial charge is 0.145 e. The molecule has 0 radical (unpaired) electrons. The van der Waals surface area contributed by atoms with Gasteiger partial charge in [-0.05, 0) is 42.7 Å². The summed E-state index contributed by atoms with van der Waals surface area (Å²) < 4.78 is 5.42. The van der Waals surface area contributed by atoms with Crippen LogP contribution in [-0.4, -0.2) is 17.1 Å². The predicted molar refractivity (Wildman–Crippen MR) is 111 cm³/mol. The maximum Gasteiger partial charge on any atom is 0.145 e. The summed E-state index contributed by atoms with van der Waals surface area (Å²) in [6, 6.07) is 16.0. The average molecular weight is 372 g/mol. The highest BCUT2D eigenvalue weighted by atomic mass is 16.5. The molecule has 3 rings (SSSR count). The molecule has 0 saturated heterocycles. The Balaban J connectivity index is 1.89. The highest BCUT2D eigenvalue weighted by molar-refractivity contribution is 5.63. The van der Waals surface area contributed by atoms with E-state index in [1.807, 2.05) is 49.4 Å². The molecule has 0 bridgehead atoms. The molecule has 5 heteroatoms. The van der Waals surface area contributed by atoms with Gasteiger partial charge in [0.05, 0.1) is 42.9 Å². The van der Waals surface area contributed by atoms with Gasteiger partial charge in [0.25, 0.3) is 0 Å². The van der Waals surface area contributed by atoms with Gasteiger partial charge in [-0.1, -0.05) is 37.6 Å². The maximum atomic E-state index is 9.19. The second kappa shape index (κ2) is 9.01. The van der Waals surface area contributed by atoms with Gasteiger partial charge in [-0.2, -0.15) is 5.26 Å². The van der Waals surface area contributed by atoms with Crippen molar-refractivity contribution in [3.8, 4) is 23.1 Å². The first-order chi connectivity index (χ1) is 13.6. The Labute approximate surface area is 166 Å². The van der Waals surface area contributed by atoms with Gasteiger partial charge in [0.1, 0.15) is 11.6 Å². The van der Waals surface area contributed by atoms with Crippen LogP contribution < -0.4 is 10.1 Å². The summed E-state index contributed by atoms with van der Waals surface area (Å²) in [6.07, 6.45) is 5.42. The zero-order valence-corrected chi connectivity index (χ0v) is 16.4.